The third kappa shape index (κ3) is 4.40. The fraction of sp³-hybridized carbons (Fsp3) is 0.125. The highest BCUT2D eigenvalue weighted by Gasteiger charge is 2.13. The van der Waals surface area contributed by atoms with E-state index in [0.717, 1.165) is 10.2 Å². The summed E-state index contributed by atoms with van der Waals surface area (Å²) in [4.78, 5) is 11.4. The van der Waals surface area contributed by atoms with Crippen molar-refractivity contribution in [2.45, 2.75) is 6.54 Å². The molecule has 1 atom stereocenters. The van der Waals surface area contributed by atoms with Crippen LogP contribution in [0.2, 0.25) is 0 Å². The molecule has 0 spiro atoms. The van der Waals surface area contributed by atoms with Gasteiger partial charge in [-0.3, -0.25) is 10.2 Å². The van der Waals surface area contributed by atoms with Gasteiger partial charge < -0.3 is 4.31 Å². The monoisotopic (exact) mass is 397 g/mol. The molecule has 0 aliphatic heterocycles. The number of halogens is 2. The Labute approximate surface area is 145 Å². The molecule has 0 aliphatic rings. The highest BCUT2D eigenvalue weighted by atomic mass is 79.9. The number of rotatable bonds is 5. The number of anilines is 1. The fourth-order valence-corrected chi connectivity index (χ4v) is 3.29. The van der Waals surface area contributed by atoms with Crippen molar-refractivity contribution in [1.29, 1.82) is 0 Å². The first-order valence-electron chi connectivity index (χ1n) is 6.70. The molecule has 2 aromatic rings. The molecule has 0 bridgehead atoms. The second-order valence-corrected chi connectivity index (χ2v) is 7.45. The molecule has 1 unspecified atom stereocenters. The zero-order chi connectivity index (χ0) is 17.0. The standard InChI is InChI=1S/C16H17BrFN3OS/c1-23(2)21(14-5-3-4-13(17)9-14)10-12-7-6-11(8-15(12)18)16(22)20-19/h3-9H,1,10,19H2,2H3,(H,20,22). The first-order chi connectivity index (χ1) is 10.9. The summed E-state index contributed by atoms with van der Waals surface area (Å²) in [7, 11) is -0.341. The van der Waals surface area contributed by atoms with Crippen LogP contribution in [0, 0.1) is 5.82 Å². The minimum atomic E-state index is -0.522. The Bertz CT molecular complexity index is 754. The van der Waals surface area contributed by atoms with Gasteiger partial charge in [-0.15, -0.1) is 10.7 Å². The van der Waals surface area contributed by atoms with Crippen LogP contribution in [0.1, 0.15) is 15.9 Å². The lowest BCUT2D eigenvalue weighted by Crippen LogP contribution is -2.30. The van der Waals surface area contributed by atoms with E-state index in [-0.39, 0.29) is 16.2 Å². The maximum Gasteiger partial charge on any atom is 0.265 e. The van der Waals surface area contributed by atoms with Gasteiger partial charge in [0.1, 0.15) is 5.82 Å². The highest BCUT2D eigenvalue weighted by Crippen LogP contribution is 2.29. The highest BCUT2D eigenvalue weighted by molar-refractivity contribution is 9.10. The number of hydrogen-bond acceptors (Lipinski definition) is 3. The number of carbonyl (C=O) groups excluding carboxylic acids is 1. The summed E-state index contributed by atoms with van der Waals surface area (Å²) in [5.74, 6) is 8.16. The predicted molar refractivity (Wildman–Crippen MR) is 99.0 cm³/mol. The van der Waals surface area contributed by atoms with Crippen molar-refractivity contribution < 1.29 is 9.18 Å². The quantitative estimate of drug-likeness (QED) is 0.351. The number of carbonyl (C=O) groups is 1. The Morgan fingerprint density at radius 3 is 2.70 bits per heavy atom. The van der Waals surface area contributed by atoms with Gasteiger partial charge in [0.05, 0.1) is 6.54 Å². The summed E-state index contributed by atoms with van der Waals surface area (Å²) in [6, 6.07) is 12.1. The van der Waals surface area contributed by atoms with Crippen LogP contribution in [-0.4, -0.2) is 18.0 Å². The van der Waals surface area contributed by atoms with Crippen LogP contribution in [0.15, 0.2) is 46.9 Å². The van der Waals surface area contributed by atoms with Crippen LogP contribution in [0.3, 0.4) is 0 Å². The molecule has 0 saturated carbocycles. The van der Waals surface area contributed by atoms with E-state index in [9.17, 15) is 9.18 Å². The van der Waals surface area contributed by atoms with Gasteiger partial charge >= 0.3 is 0 Å². The molecule has 3 N–H and O–H groups in total. The maximum absolute atomic E-state index is 14.3. The third-order valence-corrected chi connectivity index (χ3v) is 4.82. The van der Waals surface area contributed by atoms with Gasteiger partial charge in [-0.25, -0.2) is 10.2 Å². The summed E-state index contributed by atoms with van der Waals surface area (Å²) < 4.78 is 17.2. The van der Waals surface area contributed by atoms with Crippen LogP contribution in [0.4, 0.5) is 10.1 Å². The smallest absolute Gasteiger partial charge is 0.265 e. The van der Waals surface area contributed by atoms with Crippen molar-refractivity contribution >= 4 is 44.1 Å². The van der Waals surface area contributed by atoms with E-state index in [1.54, 1.807) is 12.1 Å². The number of nitrogens with one attached hydrogen (secondary N) is 1. The van der Waals surface area contributed by atoms with E-state index < -0.39 is 11.7 Å². The van der Waals surface area contributed by atoms with Crippen molar-refractivity contribution in [3.05, 3.63) is 63.9 Å². The van der Waals surface area contributed by atoms with Gasteiger partial charge in [0.2, 0.25) is 0 Å². The molecular weight excluding hydrogens is 381 g/mol. The molecule has 2 aromatic carbocycles. The van der Waals surface area contributed by atoms with Crippen LogP contribution in [0.25, 0.3) is 0 Å². The summed E-state index contributed by atoms with van der Waals surface area (Å²) in [5.41, 5.74) is 3.61. The molecule has 0 aromatic heterocycles. The molecule has 2 rings (SSSR count). The number of amides is 1. The van der Waals surface area contributed by atoms with E-state index in [1.807, 2.05) is 40.3 Å². The Hall–Kier alpha value is -1.70. The molecule has 23 heavy (non-hydrogen) atoms. The van der Waals surface area contributed by atoms with E-state index in [0.29, 0.717) is 12.1 Å². The molecule has 0 aliphatic carbocycles. The van der Waals surface area contributed by atoms with Crippen LogP contribution >= 0.6 is 26.6 Å². The van der Waals surface area contributed by atoms with Crippen molar-refractivity contribution in [2.24, 2.45) is 5.84 Å². The Balaban J connectivity index is 2.31. The number of benzene rings is 2. The van der Waals surface area contributed by atoms with Gasteiger partial charge in [0, 0.05) is 21.3 Å². The van der Waals surface area contributed by atoms with E-state index >= 15 is 0 Å². The fourth-order valence-electron chi connectivity index (χ4n) is 2.07. The largest absolute Gasteiger partial charge is 0.318 e. The molecule has 122 valence electrons. The molecule has 7 heteroatoms. The maximum atomic E-state index is 14.3. The number of hydrogen-bond donors (Lipinski definition) is 2. The van der Waals surface area contributed by atoms with Crippen LogP contribution < -0.4 is 15.6 Å². The first-order valence-corrected chi connectivity index (χ1v) is 9.26. The van der Waals surface area contributed by atoms with Crippen molar-refractivity contribution in [2.75, 3.05) is 10.6 Å². The van der Waals surface area contributed by atoms with E-state index in [1.165, 1.54) is 6.07 Å². The van der Waals surface area contributed by atoms with E-state index in [4.69, 9.17) is 5.84 Å². The predicted octanol–water partition coefficient (Wildman–Crippen LogP) is 3.44. The van der Waals surface area contributed by atoms with Crippen LogP contribution in [-0.2, 0) is 6.54 Å². The van der Waals surface area contributed by atoms with Gasteiger partial charge in [-0.05, 0) is 36.6 Å². The number of nitrogen functional groups attached to an aromatic ring is 1. The van der Waals surface area contributed by atoms with Crippen molar-refractivity contribution in [1.82, 2.24) is 5.43 Å². The van der Waals surface area contributed by atoms with Gasteiger partial charge in [0.15, 0.2) is 0 Å². The second kappa shape index (κ2) is 7.72. The molecule has 0 heterocycles. The molecule has 0 saturated heterocycles. The SMILES string of the molecule is C=S(C)N(Cc1ccc(C(=O)NN)cc1F)c1cccc(Br)c1. The topological polar surface area (TPSA) is 58.4 Å². The number of nitrogens with two attached hydrogens (primary N) is 1. The third-order valence-electron chi connectivity index (χ3n) is 3.23. The Kier molecular flexibility index (Phi) is 5.92. The number of nitrogens with zero attached hydrogens (tertiary/aromatic N) is 1. The normalized spacial score (nSPS) is 11.8. The van der Waals surface area contributed by atoms with Crippen LogP contribution in [0.5, 0.6) is 0 Å². The summed E-state index contributed by atoms with van der Waals surface area (Å²) in [5, 5.41) is 0. The van der Waals surface area contributed by atoms with Gasteiger partial charge in [-0.1, -0.05) is 33.9 Å². The average Bonchev–Trinajstić information content (AvgIpc) is 2.52. The Morgan fingerprint density at radius 2 is 2.13 bits per heavy atom. The van der Waals surface area contributed by atoms with Crippen molar-refractivity contribution in [3.8, 4) is 0 Å². The molecule has 0 radical (unpaired) electrons. The average molecular weight is 398 g/mol. The number of hydrazine groups is 1. The minimum absolute atomic E-state index is 0.188. The van der Waals surface area contributed by atoms with E-state index in [2.05, 4.69) is 21.8 Å². The zero-order valence-electron chi connectivity index (χ0n) is 12.6. The molecule has 1 amide bonds. The second-order valence-electron chi connectivity index (χ2n) is 4.90. The lowest BCUT2D eigenvalue weighted by Gasteiger charge is -2.26. The molecule has 0 fully saturated rings. The Morgan fingerprint density at radius 1 is 1.39 bits per heavy atom. The lowest BCUT2D eigenvalue weighted by atomic mass is 10.1. The van der Waals surface area contributed by atoms with Gasteiger partial charge in [-0.2, -0.15) is 0 Å². The minimum Gasteiger partial charge on any atom is -0.318 e. The summed E-state index contributed by atoms with van der Waals surface area (Å²) in [6.07, 6.45) is 1.97. The zero-order valence-corrected chi connectivity index (χ0v) is 15.0. The molecular formula is C16H17BrFN3OS. The first kappa shape index (κ1) is 17.7. The summed E-state index contributed by atoms with van der Waals surface area (Å²) >= 11 is 3.44. The van der Waals surface area contributed by atoms with Gasteiger partial charge in [0.25, 0.3) is 5.91 Å². The lowest BCUT2D eigenvalue weighted by molar-refractivity contribution is 0.0953. The summed E-state index contributed by atoms with van der Waals surface area (Å²) in [6.45, 7) is 0.357. The van der Waals surface area contributed by atoms with Crippen molar-refractivity contribution in [3.63, 3.8) is 0 Å². The molecule has 4 nitrogen and oxygen atoms in total.